The minimum absolute atomic E-state index is 0.133. The van der Waals surface area contributed by atoms with E-state index in [0.29, 0.717) is 6.54 Å². The Morgan fingerprint density at radius 3 is 3.27 bits per heavy atom. The van der Waals surface area contributed by atoms with E-state index in [2.05, 4.69) is 4.98 Å². The molecule has 0 bridgehead atoms. The predicted molar refractivity (Wildman–Crippen MR) is 38.5 cm³/mol. The molecule has 0 radical (unpaired) electrons. The van der Waals surface area contributed by atoms with Crippen LogP contribution in [0.2, 0.25) is 0 Å². The molecule has 0 spiro atoms. The molecule has 3 heteroatoms. The van der Waals surface area contributed by atoms with Gasteiger partial charge in [-0.05, 0) is 6.08 Å². The monoisotopic (exact) mass is 147 g/mol. The molecule has 0 unspecified atom stereocenters. The van der Waals surface area contributed by atoms with Crippen LogP contribution in [0.25, 0.3) is 6.08 Å². The number of aromatic nitrogens is 2. The van der Waals surface area contributed by atoms with E-state index in [4.69, 9.17) is 0 Å². The van der Waals surface area contributed by atoms with E-state index < -0.39 is 0 Å². The van der Waals surface area contributed by atoms with Crippen LogP contribution in [0.5, 0.6) is 0 Å². The van der Waals surface area contributed by atoms with E-state index in [1.54, 1.807) is 30.7 Å². The minimum Gasteiger partial charge on any atom is -0.288 e. The molecule has 0 amide bonds. The number of carbonyl (C=O) groups excluding carboxylic acids is 1. The maximum Gasteiger partial charge on any atom is 0.224 e. The molecule has 0 N–H and O–H groups in total. The lowest BCUT2D eigenvalue weighted by molar-refractivity contribution is -0.686. The van der Waals surface area contributed by atoms with Crippen molar-refractivity contribution in [3.05, 3.63) is 30.4 Å². The van der Waals surface area contributed by atoms with Gasteiger partial charge < -0.3 is 0 Å². The van der Waals surface area contributed by atoms with Gasteiger partial charge in [0.25, 0.3) is 0 Å². The summed E-state index contributed by atoms with van der Waals surface area (Å²) in [6.07, 6.45) is 8.57. The van der Waals surface area contributed by atoms with Crippen LogP contribution in [0.1, 0.15) is 5.69 Å². The average molecular weight is 147 g/mol. The van der Waals surface area contributed by atoms with Gasteiger partial charge in [-0.2, -0.15) is 4.57 Å². The number of hydrogen-bond donors (Lipinski definition) is 0. The van der Waals surface area contributed by atoms with E-state index in [1.165, 1.54) is 0 Å². The van der Waals surface area contributed by atoms with Gasteiger partial charge in [0.2, 0.25) is 18.0 Å². The highest BCUT2D eigenvalue weighted by molar-refractivity contribution is 5.93. The second-order valence-electron chi connectivity index (χ2n) is 2.43. The SMILES string of the molecule is O=C1C=Cc2cncc[n+]2C1. The molecule has 3 nitrogen and oxygen atoms in total. The molecule has 2 rings (SSSR count). The second-order valence-corrected chi connectivity index (χ2v) is 2.43. The lowest BCUT2D eigenvalue weighted by atomic mass is 10.2. The molecule has 0 fully saturated rings. The summed E-state index contributed by atoms with van der Waals surface area (Å²) in [4.78, 5) is 14.8. The Labute approximate surface area is 64.0 Å². The molecular formula is C8H7N2O+. The largest absolute Gasteiger partial charge is 0.288 e. The third-order valence-electron chi connectivity index (χ3n) is 1.64. The van der Waals surface area contributed by atoms with Crippen molar-refractivity contribution in [2.24, 2.45) is 0 Å². The van der Waals surface area contributed by atoms with Crippen molar-refractivity contribution in [2.45, 2.75) is 6.54 Å². The van der Waals surface area contributed by atoms with E-state index in [0.717, 1.165) is 5.69 Å². The van der Waals surface area contributed by atoms with Gasteiger partial charge in [-0.3, -0.25) is 9.78 Å². The van der Waals surface area contributed by atoms with Crippen LogP contribution in [0.4, 0.5) is 0 Å². The first-order valence-electron chi connectivity index (χ1n) is 3.40. The number of ketones is 1. The molecule has 1 aromatic rings. The second kappa shape index (κ2) is 2.27. The quantitative estimate of drug-likeness (QED) is 0.483. The molecule has 0 saturated heterocycles. The molecule has 0 aliphatic carbocycles. The zero-order chi connectivity index (χ0) is 7.68. The summed E-state index contributed by atoms with van der Waals surface area (Å²) in [5, 5.41) is 0. The zero-order valence-corrected chi connectivity index (χ0v) is 5.90. The van der Waals surface area contributed by atoms with Gasteiger partial charge in [-0.25, -0.2) is 0 Å². The first-order valence-corrected chi connectivity index (χ1v) is 3.40. The number of fused-ring (bicyclic) bond motifs is 1. The maximum atomic E-state index is 10.9. The van der Waals surface area contributed by atoms with E-state index in [1.807, 2.05) is 4.57 Å². The van der Waals surface area contributed by atoms with Crippen LogP contribution in [0, 0.1) is 0 Å². The number of allylic oxidation sites excluding steroid dienone is 1. The Hall–Kier alpha value is -1.51. The molecular weight excluding hydrogens is 140 g/mol. The highest BCUT2D eigenvalue weighted by Gasteiger charge is 2.15. The van der Waals surface area contributed by atoms with Crippen molar-refractivity contribution in [2.75, 3.05) is 0 Å². The van der Waals surface area contributed by atoms with Crippen LogP contribution in [-0.2, 0) is 11.3 Å². The Bertz CT molecular complexity index is 331. The lowest BCUT2D eigenvalue weighted by Crippen LogP contribution is -2.42. The standard InChI is InChI=1S/C8H7N2O/c11-8-2-1-7-5-9-3-4-10(7)6-8/h1-5H,6H2/q+1. The highest BCUT2D eigenvalue weighted by Crippen LogP contribution is 1.97. The van der Waals surface area contributed by atoms with Gasteiger partial charge in [-0.1, -0.05) is 0 Å². The first kappa shape index (κ1) is 6.22. The van der Waals surface area contributed by atoms with Crippen molar-refractivity contribution < 1.29 is 9.36 Å². The van der Waals surface area contributed by atoms with Gasteiger partial charge in [0.15, 0.2) is 6.20 Å². The van der Waals surface area contributed by atoms with Crippen LogP contribution >= 0.6 is 0 Å². The third kappa shape index (κ3) is 1.05. The van der Waals surface area contributed by atoms with Crippen LogP contribution in [0.3, 0.4) is 0 Å². The lowest BCUT2D eigenvalue weighted by Gasteiger charge is -2.00. The van der Waals surface area contributed by atoms with Gasteiger partial charge in [0.1, 0.15) is 0 Å². The van der Waals surface area contributed by atoms with Gasteiger partial charge in [-0.15, -0.1) is 0 Å². The zero-order valence-electron chi connectivity index (χ0n) is 5.90. The summed E-state index contributed by atoms with van der Waals surface area (Å²) >= 11 is 0. The topological polar surface area (TPSA) is 33.8 Å². The summed E-state index contributed by atoms with van der Waals surface area (Å²) in [7, 11) is 0. The normalized spacial score (nSPS) is 14.7. The van der Waals surface area contributed by atoms with Crippen molar-refractivity contribution in [1.29, 1.82) is 0 Å². The van der Waals surface area contributed by atoms with E-state index >= 15 is 0 Å². The van der Waals surface area contributed by atoms with E-state index in [9.17, 15) is 4.79 Å². The maximum absolute atomic E-state index is 10.9. The molecule has 1 aromatic heterocycles. The van der Waals surface area contributed by atoms with Gasteiger partial charge in [0, 0.05) is 6.08 Å². The fourth-order valence-electron chi connectivity index (χ4n) is 1.08. The Kier molecular flexibility index (Phi) is 1.28. The molecule has 54 valence electrons. The Balaban J connectivity index is 2.54. The average Bonchev–Trinajstić information content (AvgIpc) is 2.04. The highest BCUT2D eigenvalue weighted by atomic mass is 16.1. The van der Waals surface area contributed by atoms with Crippen molar-refractivity contribution in [3.8, 4) is 0 Å². The minimum atomic E-state index is 0.133. The summed E-state index contributed by atoms with van der Waals surface area (Å²) in [5.41, 5.74) is 0.979. The molecule has 0 aromatic carbocycles. The number of rotatable bonds is 0. The van der Waals surface area contributed by atoms with Crippen LogP contribution in [0.15, 0.2) is 24.7 Å². The van der Waals surface area contributed by atoms with Gasteiger partial charge in [0.05, 0.1) is 12.4 Å². The fourth-order valence-corrected chi connectivity index (χ4v) is 1.08. The summed E-state index contributed by atoms with van der Waals surface area (Å²) in [5.74, 6) is 0.133. The fraction of sp³-hybridized carbons (Fsp3) is 0.125. The van der Waals surface area contributed by atoms with Crippen molar-refractivity contribution >= 4 is 11.9 Å². The predicted octanol–water partition coefficient (Wildman–Crippen LogP) is -0.0350. The third-order valence-corrected chi connectivity index (χ3v) is 1.64. The molecule has 0 atom stereocenters. The number of nitrogens with zero attached hydrogens (tertiary/aromatic N) is 2. The molecule has 1 aliphatic heterocycles. The molecule has 1 aliphatic rings. The summed E-state index contributed by atoms with van der Waals surface area (Å²) in [6, 6.07) is 0. The van der Waals surface area contributed by atoms with E-state index in [-0.39, 0.29) is 5.78 Å². The molecule has 2 heterocycles. The van der Waals surface area contributed by atoms with Crippen LogP contribution in [-0.4, -0.2) is 10.8 Å². The van der Waals surface area contributed by atoms with Crippen LogP contribution < -0.4 is 4.57 Å². The Morgan fingerprint density at radius 1 is 1.45 bits per heavy atom. The first-order chi connectivity index (χ1) is 5.36. The number of carbonyl (C=O) groups is 1. The molecule has 11 heavy (non-hydrogen) atoms. The Morgan fingerprint density at radius 2 is 2.36 bits per heavy atom. The summed E-state index contributed by atoms with van der Waals surface area (Å²) in [6.45, 7) is 0.439. The van der Waals surface area contributed by atoms with Crippen molar-refractivity contribution in [1.82, 2.24) is 4.98 Å². The van der Waals surface area contributed by atoms with Gasteiger partial charge >= 0.3 is 0 Å². The van der Waals surface area contributed by atoms with Crippen molar-refractivity contribution in [3.63, 3.8) is 0 Å². The summed E-state index contributed by atoms with van der Waals surface area (Å²) < 4.78 is 1.87. The smallest absolute Gasteiger partial charge is 0.224 e. The number of hydrogen-bond acceptors (Lipinski definition) is 2. The molecule has 0 saturated carbocycles.